The van der Waals surface area contributed by atoms with E-state index in [1.807, 2.05) is 67.6 Å². The Hall–Kier alpha value is -5.70. The predicted molar refractivity (Wildman–Crippen MR) is 171 cm³/mol. The molecule has 4 aromatic carbocycles. The summed E-state index contributed by atoms with van der Waals surface area (Å²) in [5.41, 5.74) is 1.15. The van der Waals surface area contributed by atoms with Gasteiger partial charge in [0.1, 0.15) is 19.0 Å². The van der Waals surface area contributed by atoms with Gasteiger partial charge >= 0.3 is 11.9 Å². The molecule has 1 fully saturated rings. The Morgan fingerprint density at radius 2 is 1.46 bits per heavy atom. The van der Waals surface area contributed by atoms with Crippen molar-refractivity contribution in [1.29, 1.82) is 0 Å². The second kappa shape index (κ2) is 14.4. The van der Waals surface area contributed by atoms with Gasteiger partial charge in [-0.1, -0.05) is 103 Å². The number of nitrogens with one attached hydrogen (secondary N) is 1. The topological polar surface area (TPSA) is 111 Å². The first-order valence-corrected chi connectivity index (χ1v) is 14.8. The molecule has 1 N–H and O–H groups in total. The maximum Gasteiger partial charge on any atom is 0.333 e. The minimum Gasteiger partial charge on any atom is -0.489 e. The zero-order valence-corrected chi connectivity index (χ0v) is 25.6. The van der Waals surface area contributed by atoms with Crippen molar-refractivity contribution in [1.82, 2.24) is 10.2 Å². The molecule has 2 amide bonds. The Bertz CT molecular complexity index is 1720. The van der Waals surface area contributed by atoms with E-state index in [9.17, 15) is 19.2 Å². The Morgan fingerprint density at radius 3 is 2.07 bits per heavy atom. The number of hydrogen-bond acceptors (Lipinski definition) is 7. The summed E-state index contributed by atoms with van der Waals surface area (Å²) in [6, 6.07) is 31.3. The van der Waals surface area contributed by atoms with Crippen molar-refractivity contribution in [3.05, 3.63) is 143 Å². The number of amides is 2. The highest BCUT2D eigenvalue weighted by atomic mass is 16.6. The van der Waals surface area contributed by atoms with Gasteiger partial charge in [-0.2, -0.15) is 0 Å². The van der Waals surface area contributed by atoms with Crippen LogP contribution in [0.2, 0.25) is 0 Å². The molecule has 4 aromatic rings. The van der Waals surface area contributed by atoms with Gasteiger partial charge in [-0.3, -0.25) is 14.4 Å². The molecule has 9 nitrogen and oxygen atoms in total. The van der Waals surface area contributed by atoms with E-state index in [2.05, 4.69) is 5.32 Å². The van der Waals surface area contributed by atoms with Crippen molar-refractivity contribution in [2.24, 2.45) is 0 Å². The Kier molecular flexibility index (Phi) is 9.92. The minimum absolute atomic E-state index is 0.00989. The van der Waals surface area contributed by atoms with Crippen molar-refractivity contribution >= 4 is 29.8 Å². The van der Waals surface area contributed by atoms with E-state index in [-0.39, 0.29) is 13.2 Å². The van der Waals surface area contributed by atoms with E-state index in [0.29, 0.717) is 29.0 Å². The predicted octanol–water partition coefficient (Wildman–Crippen LogP) is 5.61. The zero-order valence-electron chi connectivity index (χ0n) is 25.6. The third-order valence-corrected chi connectivity index (χ3v) is 7.39. The number of hydrogen-bond donors (Lipinski definition) is 1. The lowest BCUT2D eigenvalue weighted by molar-refractivity contribution is -0.203. The summed E-state index contributed by atoms with van der Waals surface area (Å²) in [6.07, 6.45) is 3.54. The van der Waals surface area contributed by atoms with Gasteiger partial charge in [-0.05, 0) is 47.4 Å². The second-order valence-electron chi connectivity index (χ2n) is 10.7. The molecule has 0 bridgehead atoms. The molecule has 2 unspecified atom stereocenters. The fourth-order valence-electron chi connectivity index (χ4n) is 5.19. The van der Waals surface area contributed by atoms with Crippen LogP contribution < -0.4 is 10.1 Å². The lowest BCUT2D eigenvalue weighted by Crippen LogP contribution is -2.76. The summed E-state index contributed by atoms with van der Waals surface area (Å²) < 4.78 is 17.0. The molecule has 1 aliphatic heterocycles. The van der Waals surface area contributed by atoms with Gasteiger partial charge in [0.05, 0.1) is 6.54 Å². The van der Waals surface area contributed by atoms with Crippen molar-refractivity contribution < 1.29 is 33.4 Å². The molecule has 46 heavy (non-hydrogen) atoms. The highest BCUT2D eigenvalue weighted by molar-refractivity contribution is 6.04. The van der Waals surface area contributed by atoms with E-state index in [1.165, 1.54) is 4.90 Å². The summed E-state index contributed by atoms with van der Waals surface area (Å²) in [5, 5.41) is 2.62. The Balaban J connectivity index is 1.39. The van der Waals surface area contributed by atoms with Gasteiger partial charge in [0.2, 0.25) is 0 Å². The first-order chi connectivity index (χ1) is 22.3. The van der Waals surface area contributed by atoms with Crippen LogP contribution in [0.3, 0.4) is 0 Å². The number of ether oxygens (including phenoxy) is 3. The van der Waals surface area contributed by atoms with Gasteiger partial charge in [-0.25, -0.2) is 4.79 Å². The normalized spacial score (nSPS) is 16.3. The molecule has 234 valence electrons. The summed E-state index contributed by atoms with van der Waals surface area (Å²) in [4.78, 5) is 54.3. The van der Waals surface area contributed by atoms with Crippen molar-refractivity contribution in [2.45, 2.75) is 38.8 Å². The molecule has 0 radical (unpaired) electrons. The number of allylic oxidation sites excluding steroid dienone is 1. The average Bonchev–Trinajstić information content (AvgIpc) is 3.07. The van der Waals surface area contributed by atoms with Crippen molar-refractivity contribution in [3.8, 4) is 5.75 Å². The van der Waals surface area contributed by atoms with Crippen LogP contribution in [0.1, 0.15) is 52.5 Å². The van der Waals surface area contributed by atoms with Crippen LogP contribution in [0.5, 0.6) is 5.75 Å². The van der Waals surface area contributed by atoms with Gasteiger partial charge in [-0.15, -0.1) is 0 Å². The fraction of sp³-hybridized carbons (Fsp3) is 0.189. The second-order valence-corrected chi connectivity index (χ2v) is 10.7. The highest BCUT2D eigenvalue weighted by Gasteiger charge is 2.60. The number of likely N-dealkylation sites (tertiary alicyclic amines) is 1. The quantitative estimate of drug-likeness (QED) is 0.125. The van der Waals surface area contributed by atoms with E-state index in [4.69, 9.17) is 14.2 Å². The summed E-state index contributed by atoms with van der Waals surface area (Å²) >= 11 is 0. The number of β-lactam (4-membered cyclic amide) rings is 1. The number of rotatable bonds is 12. The third-order valence-electron chi connectivity index (χ3n) is 7.39. The van der Waals surface area contributed by atoms with E-state index >= 15 is 0 Å². The van der Waals surface area contributed by atoms with E-state index in [0.717, 1.165) is 18.1 Å². The van der Waals surface area contributed by atoms with Gasteiger partial charge in [0.15, 0.2) is 6.04 Å². The lowest BCUT2D eigenvalue weighted by atomic mass is 9.94. The van der Waals surface area contributed by atoms with Crippen LogP contribution >= 0.6 is 0 Å². The van der Waals surface area contributed by atoms with Crippen molar-refractivity contribution in [2.75, 3.05) is 6.54 Å². The van der Waals surface area contributed by atoms with Crippen LogP contribution in [0, 0.1) is 0 Å². The smallest absolute Gasteiger partial charge is 0.333 e. The summed E-state index contributed by atoms with van der Waals surface area (Å²) in [6.45, 7) is 3.04. The molecule has 0 aromatic heterocycles. The maximum absolute atomic E-state index is 13.9. The molecular formula is C37H34N2O7. The van der Waals surface area contributed by atoms with E-state index in [1.54, 1.807) is 60.7 Å². The van der Waals surface area contributed by atoms with Crippen LogP contribution in [0.25, 0.3) is 6.08 Å². The molecule has 0 spiro atoms. The molecule has 1 saturated heterocycles. The molecule has 9 heteroatoms. The monoisotopic (exact) mass is 618 g/mol. The SMILES string of the molecule is CC=Cc1ccccc1C(=O)NC1(OC(C)=O)CN(C(C(=O)OCc2ccccc2)c2ccc(OCc3ccccc3)cc2)C1=O. The molecule has 1 aliphatic rings. The minimum atomic E-state index is -2.00. The first kappa shape index (κ1) is 31.7. The van der Waals surface area contributed by atoms with Gasteiger partial charge in [0.25, 0.3) is 17.5 Å². The molecule has 5 rings (SSSR count). The van der Waals surface area contributed by atoms with Crippen molar-refractivity contribution in [3.63, 3.8) is 0 Å². The van der Waals surface area contributed by atoms with Crippen LogP contribution in [-0.4, -0.2) is 40.9 Å². The standard InChI is InChI=1S/C37H34N2O7/c1-3-12-29-17-10-11-18-32(29)34(41)38-37(46-26(2)40)25-39(36(37)43)33(35(42)45-24-28-15-8-5-9-16-28)30-19-21-31(22-20-30)44-23-27-13-6-4-7-14-27/h3-22,33H,23-25H2,1-2H3,(H,38,41). The maximum atomic E-state index is 13.9. The van der Waals surface area contributed by atoms with E-state index < -0.39 is 35.5 Å². The van der Waals surface area contributed by atoms with Gasteiger partial charge < -0.3 is 24.4 Å². The van der Waals surface area contributed by atoms with Crippen LogP contribution in [0.15, 0.2) is 115 Å². The number of benzene rings is 4. The zero-order chi connectivity index (χ0) is 32.5. The van der Waals surface area contributed by atoms with Crippen LogP contribution in [0.4, 0.5) is 0 Å². The number of carbonyl (C=O) groups is 4. The van der Waals surface area contributed by atoms with Gasteiger partial charge in [0, 0.05) is 12.5 Å². The molecule has 2 atom stereocenters. The molecular weight excluding hydrogens is 584 g/mol. The van der Waals surface area contributed by atoms with Crippen LogP contribution in [-0.2, 0) is 37.1 Å². The first-order valence-electron chi connectivity index (χ1n) is 14.8. The average molecular weight is 619 g/mol. The Morgan fingerprint density at radius 1 is 0.848 bits per heavy atom. The summed E-state index contributed by atoms with van der Waals surface area (Å²) in [7, 11) is 0. The number of esters is 2. The Labute approximate surface area is 267 Å². The number of carbonyl (C=O) groups excluding carboxylic acids is 4. The fourth-order valence-corrected chi connectivity index (χ4v) is 5.19. The molecule has 0 saturated carbocycles. The highest BCUT2D eigenvalue weighted by Crippen LogP contribution is 2.36. The third kappa shape index (κ3) is 7.32. The number of nitrogens with zero attached hydrogens (tertiary/aromatic N) is 1. The lowest BCUT2D eigenvalue weighted by Gasteiger charge is -2.49. The summed E-state index contributed by atoms with van der Waals surface area (Å²) in [5.74, 6) is -2.24. The molecule has 1 heterocycles. The molecule has 0 aliphatic carbocycles. The largest absolute Gasteiger partial charge is 0.489 e.